The Morgan fingerprint density at radius 1 is 0.533 bits per heavy atom. The Hall–Kier alpha value is -4.66. The van der Waals surface area contributed by atoms with Crippen LogP contribution in [0.3, 0.4) is 0 Å². The summed E-state index contributed by atoms with van der Waals surface area (Å²) in [6.07, 6.45) is -3.24. The van der Waals surface area contributed by atoms with Crippen LogP contribution in [0.4, 0.5) is 0 Å². The summed E-state index contributed by atoms with van der Waals surface area (Å²) in [4.78, 5) is 75.1. The number of carbonyl (C=O) groups is 2. The van der Waals surface area contributed by atoms with Crippen LogP contribution >= 0.6 is 0 Å². The van der Waals surface area contributed by atoms with Gasteiger partial charge in [-0.05, 0) is 0 Å². The van der Waals surface area contributed by atoms with Crippen LogP contribution in [0.5, 0.6) is 0 Å². The average Bonchev–Trinajstić information content (AvgIpc) is 2.59. The summed E-state index contributed by atoms with van der Waals surface area (Å²) >= 11 is 0. The van der Waals surface area contributed by atoms with Gasteiger partial charge in [-0.3, -0.25) is 60.7 Å². The number of nitrogens with zero attached hydrogens (tertiary/aromatic N) is 6. The van der Waals surface area contributed by atoms with E-state index < -0.39 is 79.1 Å². The highest BCUT2D eigenvalue weighted by Gasteiger charge is 2.71. The summed E-state index contributed by atoms with van der Waals surface area (Å²) in [7, 11) is 0. The Morgan fingerprint density at radius 3 is 0.900 bits per heavy atom. The molecule has 0 aromatic rings. The fourth-order valence-corrected chi connectivity index (χ4v) is 1.63. The highest BCUT2D eigenvalue weighted by atomic mass is 16.7. The molecule has 0 aliphatic carbocycles. The smallest absolute Gasteiger partial charge is 0.456 e. The van der Waals surface area contributed by atoms with Crippen LogP contribution < -0.4 is 0 Å². The molecule has 0 saturated carbocycles. The summed E-state index contributed by atoms with van der Waals surface area (Å²) in [6, 6.07) is 0. The minimum Gasteiger partial charge on any atom is -0.456 e. The van der Waals surface area contributed by atoms with Gasteiger partial charge in [-0.2, -0.15) is 0 Å². The van der Waals surface area contributed by atoms with Gasteiger partial charge in [-0.1, -0.05) is 0 Å². The lowest BCUT2D eigenvalue weighted by atomic mass is 10.3. The zero-order chi connectivity index (χ0) is 23.9. The first-order chi connectivity index (χ1) is 13.7. The minimum atomic E-state index is -3.99. The van der Waals surface area contributed by atoms with Gasteiger partial charge < -0.3 is 9.47 Å². The lowest BCUT2D eigenvalue weighted by Gasteiger charge is -2.10. The molecule has 0 amide bonds. The van der Waals surface area contributed by atoms with E-state index in [1.807, 2.05) is 0 Å². The van der Waals surface area contributed by atoms with Gasteiger partial charge in [-0.25, -0.2) is 9.59 Å². The van der Waals surface area contributed by atoms with Crippen LogP contribution in [-0.4, -0.2) is 66.3 Å². The number of hydrogen-bond acceptors (Lipinski definition) is 16. The van der Waals surface area contributed by atoms with Gasteiger partial charge in [0.2, 0.25) is 12.8 Å². The Morgan fingerprint density at radius 2 is 0.733 bits per heavy atom. The summed E-state index contributed by atoms with van der Waals surface area (Å²) < 4.78 is 8.01. The van der Waals surface area contributed by atoms with Crippen molar-refractivity contribution in [2.45, 2.75) is 24.4 Å². The summed E-state index contributed by atoms with van der Waals surface area (Å²) in [5.74, 6) is -12.1. The summed E-state index contributed by atoms with van der Waals surface area (Å²) in [5.41, 5.74) is 0. The molecule has 0 radical (unpaired) electrons. The van der Waals surface area contributed by atoms with Crippen molar-refractivity contribution < 1.29 is 48.6 Å². The number of esters is 2. The molecule has 0 unspecified atom stereocenters. The SMILES string of the molecule is O=C(OCCC([N+](=O)[O-])([N+](=O)[O-])[N+](=O)[O-])C(=O)OCCC([N+](=O)[O-])([N+](=O)[O-])[N+](=O)[O-]. The van der Waals surface area contributed by atoms with Crippen molar-refractivity contribution in [2.75, 3.05) is 13.2 Å². The molecule has 0 aromatic heterocycles. The van der Waals surface area contributed by atoms with E-state index in [1.165, 1.54) is 0 Å². The number of carbonyl (C=O) groups excluding carboxylic acids is 2. The second-order valence-corrected chi connectivity index (χ2v) is 4.86. The highest BCUT2D eigenvalue weighted by Crippen LogP contribution is 2.18. The zero-order valence-electron chi connectivity index (χ0n) is 14.0. The van der Waals surface area contributed by atoms with Crippen molar-refractivity contribution in [3.63, 3.8) is 0 Å². The largest absolute Gasteiger partial charge is 0.703 e. The first-order valence-electron chi connectivity index (χ1n) is 6.88. The van der Waals surface area contributed by atoms with Crippen molar-refractivity contribution in [2.24, 2.45) is 0 Å². The number of ether oxygens (including phenoxy) is 2. The quantitative estimate of drug-likeness (QED) is 0.101. The Labute approximate surface area is 160 Å². The second kappa shape index (κ2) is 9.51. The topological polar surface area (TPSA) is 311 Å². The molecule has 30 heavy (non-hydrogen) atoms. The molecule has 0 fully saturated rings. The van der Waals surface area contributed by atoms with Gasteiger partial charge in [0.15, 0.2) is 29.5 Å². The highest BCUT2D eigenvalue weighted by molar-refractivity contribution is 6.29. The number of nitro groups is 6. The maximum Gasteiger partial charge on any atom is 0.703 e. The molecule has 0 aromatic carbocycles. The maximum atomic E-state index is 11.3. The van der Waals surface area contributed by atoms with Crippen molar-refractivity contribution in [3.05, 3.63) is 60.7 Å². The van der Waals surface area contributed by atoms with Crippen LogP contribution in [-0.2, 0) is 19.1 Å². The number of hydrogen-bond donors (Lipinski definition) is 0. The van der Waals surface area contributed by atoms with Crippen LogP contribution in [0.15, 0.2) is 0 Å². The zero-order valence-corrected chi connectivity index (χ0v) is 14.0. The molecule has 0 saturated heterocycles. The fraction of sp³-hybridized carbons (Fsp3) is 0.750. The Bertz CT molecular complexity index is 667. The van der Waals surface area contributed by atoms with Gasteiger partial charge in [0, 0.05) is 0 Å². The van der Waals surface area contributed by atoms with Gasteiger partial charge in [0.05, 0.1) is 0 Å². The van der Waals surface area contributed by atoms with Gasteiger partial charge in [0.25, 0.3) is 0 Å². The van der Waals surface area contributed by atoms with E-state index in [1.54, 1.807) is 0 Å². The van der Waals surface area contributed by atoms with Crippen molar-refractivity contribution in [1.29, 1.82) is 0 Å². The molecule has 0 rings (SSSR count). The van der Waals surface area contributed by atoms with E-state index in [0.717, 1.165) is 0 Å². The van der Waals surface area contributed by atoms with Gasteiger partial charge >= 0.3 is 23.5 Å². The van der Waals surface area contributed by atoms with Gasteiger partial charge in [0.1, 0.15) is 13.2 Å². The third-order valence-electron chi connectivity index (χ3n) is 3.26. The van der Waals surface area contributed by atoms with E-state index in [4.69, 9.17) is 0 Å². The molecule has 0 aliphatic heterocycles. The molecule has 0 aliphatic rings. The van der Waals surface area contributed by atoms with E-state index >= 15 is 0 Å². The minimum absolute atomic E-state index is 1.40. The Balaban J connectivity index is 4.97. The molecule has 166 valence electrons. The molecular weight excluding hydrogens is 436 g/mol. The lowest BCUT2D eigenvalue weighted by Crippen LogP contribution is -2.54. The van der Waals surface area contributed by atoms with E-state index in [0.29, 0.717) is 0 Å². The van der Waals surface area contributed by atoms with Crippen LogP contribution in [0.2, 0.25) is 0 Å². The van der Waals surface area contributed by atoms with Crippen LogP contribution in [0.25, 0.3) is 0 Å². The molecule has 0 atom stereocenters. The van der Waals surface area contributed by atoms with Crippen molar-refractivity contribution in [3.8, 4) is 0 Å². The lowest BCUT2D eigenvalue weighted by molar-refractivity contribution is -0.970. The predicted octanol–water partition coefficient (Wildman–Crippen LogP) is -2.18. The van der Waals surface area contributed by atoms with E-state index in [-0.39, 0.29) is 0 Å². The third kappa shape index (κ3) is 4.78. The summed E-state index contributed by atoms with van der Waals surface area (Å²) in [6.45, 7) is -2.81. The fourth-order valence-electron chi connectivity index (χ4n) is 1.63. The average molecular weight is 444 g/mol. The first kappa shape index (κ1) is 25.3. The van der Waals surface area contributed by atoms with E-state index in [9.17, 15) is 70.3 Å². The standard InChI is InChI=1S/C8H8N6O16/c15-5(29-3-1-7(9(17)18,10(19)20)11(21)22)6(16)30-4-2-8(12(23)24,13(25)26)14(27)28/h1-4H2. The van der Waals surface area contributed by atoms with E-state index in [2.05, 4.69) is 9.47 Å². The molecule has 0 N–H and O–H groups in total. The molecule has 0 spiro atoms. The van der Waals surface area contributed by atoms with Crippen molar-refractivity contribution in [1.82, 2.24) is 0 Å². The molecule has 0 bridgehead atoms. The normalized spacial score (nSPS) is 11.1. The summed E-state index contributed by atoms with van der Waals surface area (Å²) in [5, 5.41) is 63.8. The van der Waals surface area contributed by atoms with Crippen LogP contribution in [0, 0.1) is 60.7 Å². The van der Waals surface area contributed by atoms with Crippen molar-refractivity contribution >= 4 is 11.9 Å². The third-order valence-corrected chi connectivity index (χ3v) is 3.26. The maximum absolute atomic E-state index is 11.3. The second-order valence-electron chi connectivity index (χ2n) is 4.86. The Kier molecular flexibility index (Phi) is 8.03. The first-order valence-corrected chi connectivity index (χ1v) is 6.88. The molecule has 22 heteroatoms. The predicted molar refractivity (Wildman–Crippen MR) is 78.6 cm³/mol. The monoisotopic (exact) mass is 444 g/mol. The van der Waals surface area contributed by atoms with Gasteiger partial charge in [-0.15, -0.1) is 0 Å². The molecule has 22 nitrogen and oxygen atoms in total. The molecular formula is C8H8N6O16. The molecule has 0 heterocycles. The number of rotatable bonds is 12. The van der Waals surface area contributed by atoms with Crippen LogP contribution in [0.1, 0.15) is 12.8 Å².